The van der Waals surface area contributed by atoms with E-state index in [0.717, 1.165) is 6.42 Å². The summed E-state index contributed by atoms with van der Waals surface area (Å²) in [5, 5.41) is 6.04. The van der Waals surface area contributed by atoms with Crippen molar-refractivity contribution in [1.29, 1.82) is 0 Å². The molecule has 3 heterocycles. The summed E-state index contributed by atoms with van der Waals surface area (Å²) < 4.78 is 0. The molecule has 1 atom stereocenters. The Labute approximate surface area is 112 Å². The lowest BCUT2D eigenvalue weighted by Gasteiger charge is -2.09. The van der Waals surface area contributed by atoms with Gasteiger partial charge in [0.1, 0.15) is 0 Å². The first kappa shape index (κ1) is 11.0. The Bertz CT molecular complexity index is 723. The van der Waals surface area contributed by atoms with Crippen LogP contribution < -0.4 is 5.32 Å². The van der Waals surface area contributed by atoms with Crippen LogP contribution in [0.15, 0.2) is 36.7 Å². The number of hydrogen-bond acceptors (Lipinski definition) is 2. The predicted octanol–water partition coefficient (Wildman–Crippen LogP) is 3.01. The van der Waals surface area contributed by atoms with Gasteiger partial charge in [0, 0.05) is 40.2 Å². The van der Waals surface area contributed by atoms with Crippen molar-refractivity contribution < 1.29 is 0 Å². The second-order valence-electron chi connectivity index (χ2n) is 5.42. The zero-order valence-electron chi connectivity index (χ0n) is 10.8. The van der Waals surface area contributed by atoms with Gasteiger partial charge in [-0.2, -0.15) is 0 Å². The lowest BCUT2D eigenvalue weighted by Crippen LogP contribution is -2.23. The van der Waals surface area contributed by atoms with Crippen molar-refractivity contribution >= 4 is 21.8 Å². The molecule has 2 aromatic heterocycles. The number of aromatic amines is 1. The van der Waals surface area contributed by atoms with Crippen molar-refractivity contribution in [1.82, 2.24) is 15.3 Å². The van der Waals surface area contributed by atoms with Crippen LogP contribution in [0, 0.1) is 0 Å². The van der Waals surface area contributed by atoms with E-state index in [-0.39, 0.29) is 0 Å². The van der Waals surface area contributed by atoms with E-state index >= 15 is 0 Å². The van der Waals surface area contributed by atoms with E-state index in [9.17, 15) is 0 Å². The largest absolute Gasteiger partial charge is 0.354 e. The molecule has 0 saturated carbocycles. The van der Waals surface area contributed by atoms with Crippen LogP contribution in [0.25, 0.3) is 21.8 Å². The average Bonchev–Trinajstić information content (AvgIpc) is 3.05. The van der Waals surface area contributed by atoms with Crippen molar-refractivity contribution in [2.45, 2.75) is 25.3 Å². The van der Waals surface area contributed by atoms with Crippen LogP contribution in [0.5, 0.6) is 0 Å². The number of pyridine rings is 1. The molecule has 19 heavy (non-hydrogen) atoms. The topological polar surface area (TPSA) is 40.7 Å². The summed E-state index contributed by atoms with van der Waals surface area (Å²) in [6.45, 7) is 1.17. The molecule has 0 amide bonds. The molecule has 3 heteroatoms. The van der Waals surface area contributed by atoms with Crippen LogP contribution in [0.4, 0.5) is 0 Å². The van der Waals surface area contributed by atoms with Crippen LogP contribution in [0.1, 0.15) is 18.4 Å². The Hall–Kier alpha value is -1.87. The van der Waals surface area contributed by atoms with Crippen LogP contribution >= 0.6 is 0 Å². The molecule has 1 aliphatic rings. The average molecular weight is 251 g/mol. The van der Waals surface area contributed by atoms with E-state index in [0.29, 0.717) is 6.04 Å². The van der Waals surface area contributed by atoms with Crippen LogP contribution in [0.3, 0.4) is 0 Å². The first-order valence-electron chi connectivity index (χ1n) is 6.98. The van der Waals surface area contributed by atoms with Gasteiger partial charge in [-0.05, 0) is 43.5 Å². The standard InChI is InChI=1S/C16H17N3/c1-2-12(18-6-1)8-11-3-4-13-14-10-17-7-5-15(14)19-16(13)9-11/h3-5,7,9-10,12,18-19H,1-2,6,8H2. The molecule has 0 bridgehead atoms. The smallest absolute Gasteiger partial charge is 0.0495 e. The number of H-pyrrole nitrogens is 1. The molecule has 4 rings (SSSR count). The zero-order valence-corrected chi connectivity index (χ0v) is 10.8. The summed E-state index contributed by atoms with van der Waals surface area (Å²) in [6.07, 6.45) is 7.51. The molecule has 96 valence electrons. The van der Waals surface area contributed by atoms with Gasteiger partial charge in [-0.3, -0.25) is 4.98 Å². The van der Waals surface area contributed by atoms with Gasteiger partial charge in [0.05, 0.1) is 0 Å². The molecule has 3 aromatic rings. The van der Waals surface area contributed by atoms with Gasteiger partial charge in [-0.1, -0.05) is 12.1 Å². The van der Waals surface area contributed by atoms with Crippen LogP contribution in [0.2, 0.25) is 0 Å². The van der Waals surface area contributed by atoms with Crippen molar-refractivity contribution in [3.8, 4) is 0 Å². The Morgan fingerprint density at radius 1 is 1.16 bits per heavy atom. The van der Waals surface area contributed by atoms with Crippen molar-refractivity contribution in [2.75, 3.05) is 6.54 Å². The third-order valence-corrected chi connectivity index (χ3v) is 4.11. The van der Waals surface area contributed by atoms with E-state index < -0.39 is 0 Å². The molecule has 0 spiro atoms. The summed E-state index contributed by atoms with van der Waals surface area (Å²) >= 11 is 0. The van der Waals surface area contributed by atoms with Gasteiger partial charge < -0.3 is 10.3 Å². The highest BCUT2D eigenvalue weighted by atomic mass is 14.9. The van der Waals surface area contributed by atoms with Gasteiger partial charge in [-0.25, -0.2) is 0 Å². The number of hydrogen-bond donors (Lipinski definition) is 2. The lowest BCUT2D eigenvalue weighted by molar-refractivity contribution is 0.603. The van der Waals surface area contributed by atoms with Crippen molar-refractivity contribution in [2.24, 2.45) is 0 Å². The summed E-state index contributed by atoms with van der Waals surface area (Å²) in [5.41, 5.74) is 3.80. The van der Waals surface area contributed by atoms with Gasteiger partial charge in [0.2, 0.25) is 0 Å². The second kappa shape index (κ2) is 4.35. The van der Waals surface area contributed by atoms with E-state index in [2.05, 4.69) is 33.5 Å². The molecule has 0 radical (unpaired) electrons. The molecule has 1 aromatic carbocycles. The maximum absolute atomic E-state index is 4.21. The van der Waals surface area contributed by atoms with Crippen molar-refractivity contribution in [3.63, 3.8) is 0 Å². The SMILES string of the molecule is c1cc2[nH]c3cc(CC4CCCN4)ccc3c2cn1. The minimum atomic E-state index is 0.656. The third-order valence-electron chi connectivity index (χ3n) is 4.11. The number of nitrogens with one attached hydrogen (secondary N) is 2. The maximum atomic E-state index is 4.21. The van der Waals surface area contributed by atoms with Gasteiger partial charge in [-0.15, -0.1) is 0 Å². The molecule has 1 saturated heterocycles. The van der Waals surface area contributed by atoms with Gasteiger partial charge in [0.15, 0.2) is 0 Å². The number of aromatic nitrogens is 2. The fourth-order valence-corrected chi connectivity index (χ4v) is 3.14. The highest BCUT2D eigenvalue weighted by molar-refractivity contribution is 6.06. The molecule has 3 nitrogen and oxygen atoms in total. The minimum Gasteiger partial charge on any atom is -0.354 e. The Kier molecular flexibility index (Phi) is 2.52. The molecule has 1 fully saturated rings. The highest BCUT2D eigenvalue weighted by Crippen LogP contribution is 2.26. The monoisotopic (exact) mass is 251 g/mol. The van der Waals surface area contributed by atoms with E-state index in [1.165, 1.54) is 46.8 Å². The molecular weight excluding hydrogens is 234 g/mol. The lowest BCUT2D eigenvalue weighted by atomic mass is 10.0. The number of benzene rings is 1. The Balaban J connectivity index is 1.76. The van der Waals surface area contributed by atoms with Gasteiger partial charge >= 0.3 is 0 Å². The Morgan fingerprint density at radius 2 is 2.16 bits per heavy atom. The molecule has 2 N–H and O–H groups in total. The summed E-state index contributed by atoms with van der Waals surface area (Å²) in [7, 11) is 0. The Morgan fingerprint density at radius 3 is 3.05 bits per heavy atom. The molecule has 1 unspecified atom stereocenters. The fourth-order valence-electron chi connectivity index (χ4n) is 3.14. The predicted molar refractivity (Wildman–Crippen MR) is 78.3 cm³/mol. The maximum Gasteiger partial charge on any atom is 0.0495 e. The molecule has 0 aliphatic carbocycles. The molecular formula is C16H17N3. The van der Waals surface area contributed by atoms with E-state index in [4.69, 9.17) is 0 Å². The first-order chi connectivity index (χ1) is 9.40. The third kappa shape index (κ3) is 1.90. The summed E-state index contributed by atoms with van der Waals surface area (Å²) in [5.74, 6) is 0. The zero-order chi connectivity index (χ0) is 12.7. The molecule has 1 aliphatic heterocycles. The van der Waals surface area contributed by atoms with Gasteiger partial charge in [0.25, 0.3) is 0 Å². The minimum absolute atomic E-state index is 0.656. The first-order valence-corrected chi connectivity index (χ1v) is 6.98. The highest BCUT2D eigenvalue weighted by Gasteiger charge is 2.14. The van der Waals surface area contributed by atoms with Crippen LogP contribution in [-0.2, 0) is 6.42 Å². The number of fused-ring (bicyclic) bond motifs is 3. The normalized spacial score (nSPS) is 19.5. The van der Waals surface area contributed by atoms with E-state index in [1.54, 1.807) is 0 Å². The number of rotatable bonds is 2. The van der Waals surface area contributed by atoms with Crippen molar-refractivity contribution in [3.05, 3.63) is 42.2 Å². The summed E-state index contributed by atoms with van der Waals surface area (Å²) in [4.78, 5) is 7.69. The quantitative estimate of drug-likeness (QED) is 0.735. The number of nitrogens with zero attached hydrogens (tertiary/aromatic N) is 1. The second-order valence-corrected chi connectivity index (χ2v) is 5.42. The van der Waals surface area contributed by atoms with Crippen LogP contribution in [-0.4, -0.2) is 22.6 Å². The van der Waals surface area contributed by atoms with E-state index in [1.807, 2.05) is 18.5 Å². The fraction of sp³-hybridized carbons (Fsp3) is 0.312. The summed E-state index contributed by atoms with van der Waals surface area (Å²) in [6, 6.07) is 9.45.